The van der Waals surface area contributed by atoms with E-state index in [0.29, 0.717) is 18.1 Å². The molecule has 2 amide bonds. The maximum absolute atomic E-state index is 12.7. The van der Waals surface area contributed by atoms with E-state index >= 15 is 0 Å². The molecule has 0 aliphatic carbocycles. The van der Waals surface area contributed by atoms with Crippen molar-refractivity contribution in [3.8, 4) is 12.3 Å². The number of carbonyl (C=O) groups is 2. The highest BCUT2D eigenvalue weighted by Crippen LogP contribution is 2.32. The van der Waals surface area contributed by atoms with Crippen LogP contribution in [0.2, 0.25) is 0 Å². The van der Waals surface area contributed by atoms with Crippen molar-refractivity contribution < 1.29 is 14.3 Å². The van der Waals surface area contributed by atoms with E-state index < -0.39 is 12.2 Å². The van der Waals surface area contributed by atoms with Gasteiger partial charge in [-0.25, -0.2) is 24.5 Å². The topological polar surface area (TPSA) is 75.6 Å². The van der Waals surface area contributed by atoms with Crippen LogP contribution in [0.3, 0.4) is 0 Å². The molecule has 7 nitrogen and oxygen atoms in total. The van der Waals surface area contributed by atoms with Crippen LogP contribution in [0.25, 0.3) is 0 Å². The Bertz CT molecular complexity index is 820. The Morgan fingerprint density at radius 3 is 2.96 bits per heavy atom. The average molecular weight is 421 g/mol. The molecule has 0 radical (unpaired) electrons. The number of hydrogen-bond donors (Lipinski definition) is 0. The van der Waals surface area contributed by atoms with E-state index in [0.717, 1.165) is 3.79 Å². The summed E-state index contributed by atoms with van der Waals surface area (Å²) in [4.78, 5) is 36.1. The Labute approximate surface area is 156 Å². The molecule has 0 bridgehead atoms. The van der Waals surface area contributed by atoms with Gasteiger partial charge in [0, 0.05) is 19.2 Å². The number of urea groups is 1. The summed E-state index contributed by atoms with van der Waals surface area (Å²) in [5.41, 5.74) is 0.178. The van der Waals surface area contributed by atoms with Gasteiger partial charge in [-0.2, -0.15) is 0 Å². The molecule has 0 aromatic carbocycles. The first-order chi connectivity index (χ1) is 12.1. The molecule has 3 heterocycles. The van der Waals surface area contributed by atoms with Crippen molar-refractivity contribution in [2.75, 3.05) is 18.0 Å². The van der Waals surface area contributed by atoms with Crippen LogP contribution in [0.15, 0.2) is 34.4 Å². The first kappa shape index (κ1) is 17.4. The Hall–Kier alpha value is -2.44. The Morgan fingerprint density at radius 2 is 2.32 bits per heavy atom. The third kappa shape index (κ3) is 3.81. The molecule has 2 aromatic rings. The van der Waals surface area contributed by atoms with Crippen LogP contribution in [-0.2, 0) is 4.74 Å². The highest BCUT2D eigenvalue weighted by atomic mass is 79.9. The Morgan fingerprint density at radius 1 is 1.48 bits per heavy atom. The van der Waals surface area contributed by atoms with E-state index in [1.165, 1.54) is 22.4 Å². The maximum atomic E-state index is 12.7. The molecule has 1 unspecified atom stereocenters. The number of amides is 2. The monoisotopic (exact) mass is 420 g/mol. The average Bonchev–Trinajstić information content (AvgIpc) is 3.17. The van der Waals surface area contributed by atoms with E-state index in [4.69, 9.17) is 11.2 Å². The highest BCUT2D eigenvalue weighted by molar-refractivity contribution is 9.11. The van der Waals surface area contributed by atoms with Crippen LogP contribution in [0, 0.1) is 12.3 Å². The van der Waals surface area contributed by atoms with E-state index in [1.54, 1.807) is 29.3 Å². The smallest absolute Gasteiger partial charge is 0.358 e. The number of terminal acetylenes is 1. The van der Waals surface area contributed by atoms with E-state index in [2.05, 4.69) is 31.8 Å². The van der Waals surface area contributed by atoms with Gasteiger partial charge in [0.15, 0.2) is 5.13 Å². The summed E-state index contributed by atoms with van der Waals surface area (Å²) < 4.78 is 6.29. The lowest BCUT2D eigenvalue weighted by Gasteiger charge is -2.20. The molecule has 0 saturated carbocycles. The predicted octanol–water partition coefficient (Wildman–Crippen LogP) is 2.75. The quantitative estimate of drug-likeness (QED) is 0.548. The van der Waals surface area contributed by atoms with Gasteiger partial charge in [0.05, 0.1) is 16.5 Å². The number of ether oxygens (including phenoxy) is 1. The van der Waals surface area contributed by atoms with Crippen molar-refractivity contribution in [1.82, 2.24) is 14.9 Å². The molecule has 1 aliphatic rings. The standard InChI is InChI=1S/C16H13BrN4O3S/c1-2-3-8-20-10-13(24-14(22)11-6-4-5-7-18-11)21(16(20)23)15-19-9-12(17)25-15/h1,4-7,9,13H,3,8,10H2. The second kappa shape index (κ2) is 7.63. The fourth-order valence-corrected chi connectivity index (χ4v) is 3.55. The first-order valence-corrected chi connectivity index (χ1v) is 8.96. The third-order valence-corrected chi connectivity index (χ3v) is 4.93. The second-order valence-corrected chi connectivity index (χ2v) is 7.46. The van der Waals surface area contributed by atoms with Crippen LogP contribution >= 0.6 is 27.3 Å². The van der Waals surface area contributed by atoms with Gasteiger partial charge in [0.2, 0.25) is 6.23 Å². The lowest BCUT2D eigenvalue weighted by atomic mass is 10.3. The molecule has 9 heteroatoms. The van der Waals surface area contributed by atoms with Gasteiger partial charge in [-0.15, -0.1) is 12.3 Å². The molecule has 1 atom stereocenters. The van der Waals surface area contributed by atoms with Crippen LogP contribution in [0.4, 0.5) is 9.93 Å². The molecule has 128 valence electrons. The number of carbonyl (C=O) groups excluding carboxylic acids is 2. The number of aromatic nitrogens is 2. The number of anilines is 1. The fraction of sp³-hybridized carbons (Fsp3) is 0.250. The largest absolute Gasteiger partial charge is 0.434 e. The molecule has 0 N–H and O–H groups in total. The zero-order chi connectivity index (χ0) is 17.8. The molecular weight excluding hydrogens is 408 g/mol. The molecular formula is C16H13BrN4O3S. The number of rotatable bonds is 5. The van der Waals surface area contributed by atoms with Crippen molar-refractivity contribution >= 4 is 44.4 Å². The number of hydrogen-bond acceptors (Lipinski definition) is 6. The number of esters is 1. The zero-order valence-electron chi connectivity index (χ0n) is 13.0. The van der Waals surface area contributed by atoms with Gasteiger partial charge in [-0.3, -0.25) is 0 Å². The molecule has 1 saturated heterocycles. The van der Waals surface area contributed by atoms with Crippen molar-refractivity contribution in [2.24, 2.45) is 0 Å². The number of pyridine rings is 1. The summed E-state index contributed by atoms with van der Waals surface area (Å²) in [5.74, 6) is 1.91. The molecule has 3 rings (SSSR count). The molecule has 1 aliphatic heterocycles. The minimum absolute atomic E-state index is 0.178. The van der Waals surface area contributed by atoms with Gasteiger partial charge in [0.25, 0.3) is 0 Å². The van der Waals surface area contributed by atoms with E-state index in [9.17, 15) is 9.59 Å². The summed E-state index contributed by atoms with van der Waals surface area (Å²) in [6, 6.07) is 4.66. The predicted molar refractivity (Wildman–Crippen MR) is 96.2 cm³/mol. The normalized spacial score (nSPS) is 16.8. The maximum Gasteiger partial charge on any atom is 0.358 e. The summed E-state index contributed by atoms with van der Waals surface area (Å²) >= 11 is 4.60. The minimum Gasteiger partial charge on any atom is -0.434 e. The van der Waals surface area contributed by atoms with Crippen molar-refractivity contribution in [1.29, 1.82) is 0 Å². The van der Waals surface area contributed by atoms with Crippen LogP contribution in [0.1, 0.15) is 16.9 Å². The summed E-state index contributed by atoms with van der Waals surface area (Å²) in [6.07, 6.45) is 8.00. The minimum atomic E-state index is -0.794. The summed E-state index contributed by atoms with van der Waals surface area (Å²) in [5, 5.41) is 0.443. The van der Waals surface area contributed by atoms with Crippen LogP contribution < -0.4 is 4.90 Å². The van der Waals surface area contributed by atoms with Gasteiger partial charge in [0.1, 0.15) is 5.69 Å². The van der Waals surface area contributed by atoms with E-state index in [1.807, 2.05) is 0 Å². The van der Waals surface area contributed by atoms with Gasteiger partial charge < -0.3 is 9.64 Å². The van der Waals surface area contributed by atoms with Gasteiger partial charge in [-0.05, 0) is 28.1 Å². The Kier molecular flexibility index (Phi) is 5.31. The third-order valence-electron chi connectivity index (χ3n) is 3.46. The van der Waals surface area contributed by atoms with E-state index in [-0.39, 0.29) is 18.3 Å². The second-order valence-electron chi connectivity index (χ2n) is 5.07. The molecule has 2 aromatic heterocycles. The molecule has 25 heavy (non-hydrogen) atoms. The van der Waals surface area contributed by atoms with Crippen molar-refractivity contribution in [3.63, 3.8) is 0 Å². The number of thiazole rings is 1. The highest BCUT2D eigenvalue weighted by Gasteiger charge is 2.42. The SMILES string of the molecule is C#CCCN1CC(OC(=O)c2ccccn2)N(c2ncc(Br)s2)C1=O. The van der Waals surface area contributed by atoms with Gasteiger partial charge >= 0.3 is 12.0 Å². The summed E-state index contributed by atoms with van der Waals surface area (Å²) in [6.45, 7) is 0.603. The lowest BCUT2D eigenvalue weighted by molar-refractivity contribution is 0.0319. The van der Waals surface area contributed by atoms with Gasteiger partial charge in [-0.1, -0.05) is 17.4 Å². The zero-order valence-corrected chi connectivity index (χ0v) is 15.4. The fourth-order valence-electron chi connectivity index (χ4n) is 2.33. The van der Waals surface area contributed by atoms with Crippen molar-refractivity contribution in [3.05, 3.63) is 40.1 Å². The van der Waals surface area contributed by atoms with Crippen LogP contribution in [0.5, 0.6) is 0 Å². The Balaban J connectivity index is 1.82. The number of halogens is 1. The summed E-state index contributed by atoms with van der Waals surface area (Å²) in [7, 11) is 0. The first-order valence-electron chi connectivity index (χ1n) is 7.35. The molecule has 1 fully saturated rings. The lowest BCUT2D eigenvalue weighted by Crippen LogP contribution is -2.37. The van der Waals surface area contributed by atoms with Crippen molar-refractivity contribution in [2.45, 2.75) is 12.6 Å². The van der Waals surface area contributed by atoms with Crippen LogP contribution in [-0.4, -0.2) is 46.2 Å². The molecule has 0 spiro atoms. The number of nitrogens with zero attached hydrogens (tertiary/aromatic N) is 4.